The Bertz CT molecular complexity index is 741. The van der Waals surface area contributed by atoms with Crippen molar-refractivity contribution in [3.63, 3.8) is 0 Å². The van der Waals surface area contributed by atoms with Crippen LogP contribution in [0.15, 0.2) is 36.4 Å². The van der Waals surface area contributed by atoms with Gasteiger partial charge in [0.25, 0.3) is 5.91 Å². The summed E-state index contributed by atoms with van der Waals surface area (Å²) in [5, 5.41) is 3.26. The molecule has 0 aliphatic carbocycles. The Morgan fingerprint density at radius 3 is 2.46 bits per heavy atom. The van der Waals surface area contributed by atoms with Gasteiger partial charge in [-0.05, 0) is 61.7 Å². The molecule has 1 aromatic carbocycles. The highest BCUT2D eigenvalue weighted by atomic mass is 16.2. The van der Waals surface area contributed by atoms with Crippen LogP contribution in [0.1, 0.15) is 23.3 Å². The maximum absolute atomic E-state index is 12.7. The summed E-state index contributed by atoms with van der Waals surface area (Å²) in [6.45, 7) is 3.36. The molecule has 3 aliphatic rings. The highest BCUT2D eigenvalue weighted by molar-refractivity contribution is 5.94. The van der Waals surface area contributed by atoms with Crippen LogP contribution in [0, 0.1) is 5.92 Å². The van der Waals surface area contributed by atoms with Crippen LogP contribution in [0.25, 0.3) is 11.3 Å². The van der Waals surface area contributed by atoms with Crippen molar-refractivity contribution in [3.8, 4) is 11.3 Å². The lowest BCUT2D eigenvalue weighted by atomic mass is 9.84. The quantitative estimate of drug-likeness (QED) is 0.850. The number of hydrogen-bond donors (Lipinski definition) is 2. The second-order valence-corrected chi connectivity index (χ2v) is 7.00. The Labute approximate surface area is 142 Å². The van der Waals surface area contributed by atoms with Gasteiger partial charge in [-0.25, -0.2) is 0 Å². The number of rotatable bonds is 3. The van der Waals surface area contributed by atoms with Gasteiger partial charge in [0.15, 0.2) is 0 Å². The van der Waals surface area contributed by atoms with Crippen LogP contribution < -0.4 is 11.1 Å². The van der Waals surface area contributed by atoms with E-state index in [1.807, 2.05) is 48.0 Å². The molecule has 126 valence electrons. The molecule has 2 bridgehead atoms. The van der Waals surface area contributed by atoms with Crippen LogP contribution in [-0.2, 0) is 7.05 Å². The molecular formula is C19H24N4O. The summed E-state index contributed by atoms with van der Waals surface area (Å²) in [4.78, 5) is 15.2. The summed E-state index contributed by atoms with van der Waals surface area (Å²) >= 11 is 0. The number of carbonyl (C=O) groups is 1. The number of piperidine rings is 3. The summed E-state index contributed by atoms with van der Waals surface area (Å²) in [7, 11) is 1.94. The van der Waals surface area contributed by atoms with E-state index < -0.39 is 0 Å². The summed E-state index contributed by atoms with van der Waals surface area (Å²) in [5.74, 6) is 0.661. The number of hydrogen-bond acceptors (Lipinski definition) is 3. The smallest absolute Gasteiger partial charge is 0.268 e. The minimum atomic E-state index is 0.0259. The summed E-state index contributed by atoms with van der Waals surface area (Å²) in [6, 6.07) is 11.9. The van der Waals surface area contributed by atoms with Crippen LogP contribution in [0.3, 0.4) is 0 Å². The molecule has 5 rings (SSSR count). The molecule has 5 heteroatoms. The van der Waals surface area contributed by atoms with Crippen LogP contribution in [0.5, 0.6) is 0 Å². The number of nitrogens with zero attached hydrogens (tertiary/aromatic N) is 2. The summed E-state index contributed by atoms with van der Waals surface area (Å²) < 4.78 is 1.96. The van der Waals surface area contributed by atoms with Crippen molar-refractivity contribution in [2.75, 3.05) is 25.4 Å². The number of benzene rings is 1. The second-order valence-electron chi connectivity index (χ2n) is 7.00. The lowest BCUT2D eigenvalue weighted by molar-refractivity contribution is 0.0616. The van der Waals surface area contributed by atoms with Gasteiger partial charge in [0, 0.05) is 31.0 Å². The SMILES string of the molecule is Cn1c(C(=O)N[C@H]2CN3CCC2CC3)ccc1-c1ccc(N)cc1. The monoisotopic (exact) mass is 324 g/mol. The fourth-order valence-electron chi connectivity index (χ4n) is 4.05. The topological polar surface area (TPSA) is 63.3 Å². The Kier molecular flexibility index (Phi) is 3.81. The minimum Gasteiger partial charge on any atom is -0.399 e. The number of nitrogens with two attached hydrogens (primary N) is 1. The molecule has 3 aliphatic heterocycles. The van der Waals surface area contributed by atoms with Crippen LogP contribution in [-0.4, -0.2) is 41.1 Å². The zero-order valence-electron chi connectivity index (χ0n) is 14.0. The number of amides is 1. The Morgan fingerprint density at radius 2 is 1.83 bits per heavy atom. The Morgan fingerprint density at radius 1 is 1.12 bits per heavy atom. The van der Waals surface area contributed by atoms with Crippen LogP contribution in [0.4, 0.5) is 5.69 Å². The average Bonchev–Trinajstić information content (AvgIpc) is 2.98. The van der Waals surface area contributed by atoms with Crippen molar-refractivity contribution in [1.29, 1.82) is 0 Å². The van der Waals surface area contributed by atoms with Crippen molar-refractivity contribution < 1.29 is 4.79 Å². The minimum absolute atomic E-state index is 0.0259. The van der Waals surface area contributed by atoms with Gasteiger partial charge in [-0.2, -0.15) is 0 Å². The van der Waals surface area contributed by atoms with Crippen LogP contribution in [0.2, 0.25) is 0 Å². The lowest BCUT2D eigenvalue weighted by Gasteiger charge is -2.44. The van der Waals surface area contributed by atoms with Crippen molar-refractivity contribution in [1.82, 2.24) is 14.8 Å². The predicted molar refractivity (Wildman–Crippen MR) is 95.7 cm³/mol. The molecule has 5 nitrogen and oxygen atoms in total. The molecule has 0 spiro atoms. The number of aromatic nitrogens is 1. The second kappa shape index (κ2) is 5.98. The van der Waals surface area contributed by atoms with E-state index in [-0.39, 0.29) is 11.9 Å². The fourth-order valence-corrected chi connectivity index (χ4v) is 4.05. The van der Waals surface area contributed by atoms with Gasteiger partial charge in [0.1, 0.15) is 5.69 Å². The molecule has 1 atom stereocenters. The van der Waals surface area contributed by atoms with E-state index in [1.54, 1.807) is 0 Å². The molecule has 2 aromatic rings. The molecule has 0 saturated carbocycles. The maximum atomic E-state index is 12.7. The first kappa shape index (κ1) is 15.3. The fraction of sp³-hybridized carbons (Fsp3) is 0.421. The molecule has 3 fully saturated rings. The predicted octanol–water partition coefficient (Wildman–Crippen LogP) is 2.10. The molecule has 24 heavy (non-hydrogen) atoms. The van der Waals surface area contributed by atoms with Gasteiger partial charge < -0.3 is 20.5 Å². The molecule has 1 aromatic heterocycles. The first-order chi connectivity index (χ1) is 11.6. The van der Waals surface area contributed by atoms with E-state index in [2.05, 4.69) is 10.2 Å². The molecular weight excluding hydrogens is 300 g/mol. The van der Waals surface area contributed by atoms with Gasteiger partial charge in [-0.1, -0.05) is 12.1 Å². The third-order valence-corrected chi connectivity index (χ3v) is 5.53. The zero-order chi connectivity index (χ0) is 16.7. The van der Waals surface area contributed by atoms with Gasteiger partial charge in [-0.3, -0.25) is 4.79 Å². The molecule has 0 radical (unpaired) electrons. The maximum Gasteiger partial charge on any atom is 0.268 e. The largest absolute Gasteiger partial charge is 0.399 e. The zero-order valence-corrected chi connectivity index (χ0v) is 14.0. The van der Waals surface area contributed by atoms with E-state index in [0.717, 1.165) is 23.5 Å². The summed E-state index contributed by atoms with van der Waals surface area (Å²) in [5.41, 5.74) is 9.29. The highest BCUT2D eigenvalue weighted by Gasteiger charge is 2.35. The number of fused-ring (bicyclic) bond motifs is 3. The lowest BCUT2D eigenvalue weighted by Crippen LogP contribution is -2.57. The number of carbonyl (C=O) groups excluding carboxylic acids is 1. The van der Waals surface area contributed by atoms with Gasteiger partial charge in [0.05, 0.1) is 0 Å². The van der Waals surface area contributed by atoms with Crippen molar-refractivity contribution in [3.05, 3.63) is 42.1 Å². The third kappa shape index (κ3) is 2.69. The molecule has 3 N–H and O–H groups in total. The van der Waals surface area contributed by atoms with Gasteiger partial charge in [0.2, 0.25) is 0 Å². The van der Waals surface area contributed by atoms with Crippen LogP contribution >= 0.6 is 0 Å². The molecule has 0 unspecified atom stereocenters. The van der Waals surface area contributed by atoms with E-state index in [9.17, 15) is 4.79 Å². The molecule has 4 heterocycles. The molecule has 1 amide bonds. The first-order valence-corrected chi connectivity index (χ1v) is 8.66. The number of anilines is 1. The van der Waals surface area contributed by atoms with E-state index >= 15 is 0 Å². The van der Waals surface area contributed by atoms with Gasteiger partial charge in [-0.15, -0.1) is 0 Å². The highest BCUT2D eigenvalue weighted by Crippen LogP contribution is 2.28. The van der Waals surface area contributed by atoms with Crippen molar-refractivity contribution in [2.45, 2.75) is 18.9 Å². The third-order valence-electron chi connectivity index (χ3n) is 5.53. The summed E-state index contributed by atoms with van der Waals surface area (Å²) in [6.07, 6.45) is 2.41. The average molecular weight is 324 g/mol. The number of nitrogen functional groups attached to an aromatic ring is 1. The normalized spacial score (nSPS) is 25.6. The first-order valence-electron chi connectivity index (χ1n) is 8.66. The van der Waals surface area contributed by atoms with E-state index in [4.69, 9.17) is 5.73 Å². The van der Waals surface area contributed by atoms with E-state index in [1.165, 1.54) is 25.9 Å². The number of nitrogens with one attached hydrogen (secondary N) is 1. The van der Waals surface area contributed by atoms with Crippen molar-refractivity contribution >= 4 is 11.6 Å². The Balaban J connectivity index is 1.52. The van der Waals surface area contributed by atoms with Crippen molar-refractivity contribution in [2.24, 2.45) is 13.0 Å². The standard InChI is InChI=1S/C19H24N4O/c1-22-17(14-2-4-15(20)5-3-14)6-7-18(22)19(24)21-16-12-23-10-8-13(16)9-11-23/h2-7,13,16H,8-12,20H2,1H3,(H,21,24)/t16-/m0/s1. The van der Waals surface area contributed by atoms with Gasteiger partial charge >= 0.3 is 0 Å². The van der Waals surface area contributed by atoms with E-state index in [0.29, 0.717) is 11.6 Å². The Hall–Kier alpha value is -2.27. The molecule has 3 saturated heterocycles.